The number of aromatic nitrogens is 2. The van der Waals surface area contributed by atoms with Crippen LogP contribution >= 0.6 is 11.3 Å². The first kappa shape index (κ1) is 18.8. The number of halogens is 1. The van der Waals surface area contributed by atoms with Gasteiger partial charge in [0.1, 0.15) is 23.9 Å². The third-order valence-corrected chi connectivity index (χ3v) is 4.46. The molecule has 8 heteroatoms. The summed E-state index contributed by atoms with van der Waals surface area (Å²) in [7, 11) is 1.35. The molecule has 0 amide bonds. The summed E-state index contributed by atoms with van der Waals surface area (Å²) in [5.41, 5.74) is 0.644. The largest absolute Gasteiger partial charge is 0.493 e. The highest BCUT2D eigenvalue weighted by Gasteiger charge is 2.14. The molecule has 1 atom stereocenters. The lowest BCUT2D eigenvalue weighted by atomic mass is 10.2. The van der Waals surface area contributed by atoms with Crippen LogP contribution in [-0.4, -0.2) is 29.9 Å². The zero-order chi connectivity index (χ0) is 19.2. The molecule has 0 N–H and O–H groups in total. The van der Waals surface area contributed by atoms with Gasteiger partial charge in [0.25, 0.3) is 5.19 Å². The van der Waals surface area contributed by atoms with Crippen molar-refractivity contribution in [1.82, 2.24) is 10.2 Å². The maximum atomic E-state index is 13.3. The van der Waals surface area contributed by atoms with E-state index in [1.165, 1.54) is 30.6 Å². The Morgan fingerprint density at radius 1 is 1.15 bits per heavy atom. The number of methoxy groups -OCH3 is 1. The van der Waals surface area contributed by atoms with E-state index in [-0.39, 0.29) is 24.3 Å². The van der Waals surface area contributed by atoms with Gasteiger partial charge in [0.15, 0.2) is 5.01 Å². The third-order valence-electron chi connectivity index (χ3n) is 3.61. The van der Waals surface area contributed by atoms with Gasteiger partial charge in [-0.2, -0.15) is 0 Å². The number of hydrogen-bond donors (Lipinski definition) is 0. The highest BCUT2D eigenvalue weighted by Crippen LogP contribution is 2.31. The van der Waals surface area contributed by atoms with Gasteiger partial charge in [-0.05, 0) is 43.3 Å². The van der Waals surface area contributed by atoms with Crippen molar-refractivity contribution in [2.24, 2.45) is 5.92 Å². The van der Waals surface area contributed by atoms with Crippen LogP contribution in [0.5, 0.6) is 16.7 Å². The molecular formula is C19H17FN2O4S. The van der Waals surface area contributed by atoms with Crippen LogP contribution in [0, 0.1) is 11.7 Å². The molecule has 27 heavy (non-hydrogen) atoms. The van der Waals surface area contributed by atoms with Gasteiger partial charge in [0, 0.05) is 5.56 Å². The van der Waals surface area contributed by atoms with Gasteiger partial charge >= 0.3 is 5.97 Å². The molecule has 0 fully saturated rings. The molecule has 0 saturated carbocycles. The van der Waals surface area contributed by atoms with Crippen LogP contribution in [0.15, 0.2) is 48.5 Å². The van der Waals surface area contributed by atoms with Crippen molar-refractivity contribution in [3.63, 3.8) is 0 Å². The Balaban J connectivity index is 1.59. The molecule has 0 aliphatic carbocycles. The molecule has 0 bridgehead atoms. The predicted octanol–water partition coefficient (Wildman–Crippen LogP) is 4.32. The lowest BCUT2D eigenvalue weighted by Gasteiger charge is -2.11. The number of hydrogen-bond acceptors (Lipinski definition) is 7. The molecule has 0 spiro atoms. The second-order valence-electron chi connectivity index (χ2n) is 5.69. The molecule has 1 aromatic heterocycles. The fourth-order valence-corrected chi connectivity index (χ4v) is 2.90. The number of carbonyl (C=O) groups is 1. The monoisotopic (exact) mass is 388 g/mol. The smallest absolute Gasteiger partial charge is 0.311 e. The molecule has 0 aliphatic rings. The zero-order valence-electron chi connectivity index (χ0n) is 14.7. The Hall–Kier alpha value is -3.00. The summed E-state index contributed by atoms with van der Waals surface area (Å²) in [5.74, 6) is 0.164. The molecule has 6 nitrogen and oxygen atoms in total. The molecule has 0 unspecified atom stereocenters. The Morgan fingerprint density at radius 3 is 2.59 bits per heavy atom. The molecule has 2 aromatic carbocycles. The predicted molar refractivity (Wildman–Crippen MR) is 98.5 cm³/mol. The summed E-state index contributed by atoms with van der Waals surface area (Å²) in [5, 5.41) is 8.91. The molecular weight excluding hydrogens is 371 g/mol. The first-order chi connectivity index (χ1) is 13.0. The van der Waals surface area contributed by atoms with Gasteiger partial charge < -0.3 is 14.2 Å². The van der Waals surface area contributed by atoms with Gasteiger partial charge in [-0.15, -0.1) is 5.10 Å². The van der Waals surface area contributed by atoms with E-state index < -0.39 is 0 Å². The average molecular weight is 388 g/mol. The Kier molecular flexibility index (Phi) is 5.97. The van der Waals surface area contributed by atoms with E-state index in [4.69, 9.17) is 9.47 Å². The van der Waals surface area contributed by atoms with E-state index >= 15 is 0 Å². The lowest BCUT2D eigenvalue weighted by molar-refractivity contribution is -0.145. The summed E-state index contributed by atoms with van der Waals surface area (Å²) < 4.78 is 29.2. The highest BCUT2D eigenvalue weighted by molar-refractivity contribution is 7.16. The maximum Gasteiger partial charge on any atom is 0.311 e. The second-order valence-corrected chi connectivity index (χ2v) is 6.63. The van der Waals surface area contributed by atoms with Crippen LogP contribution in [0.2, 0.25) is 0 Å². The normalized spacial score (nSPS) is 11.7. The van der Waals surface area contributed by atoms with Crippen molar-refractivity contribution in [1.29, 1.82) is 0 Å². The number of nitrogens with zero attached hydrogens (tertiary/aromatic N) is 2. The minimum absolute atomic E-state index is 0.222. The molecule has 0 radical (unpaired) electrons. The SMILES string of the molecule is COC(=O)[C@H](C)COc1ccc(Oc2nnc(-c3cccc(F)c3)s2)cc1. The molecule has 3 rings (SSSR count). The van der Waals surface area contributed by atoms with Gasteiger partial charge in [0.05, 0.1) is 13.0 Å². The molecule has 0 aliphatic heterocycles. The van der Waals surface area contributed by atoms with Crippen molar-refractivity contribution in [2.75, 3.05) is 13.7 Å². The summed E-state index contributed by atoms with van der Waals surface area (Å²) in [6.45, 7) is 1.95. The van der Waals surface area contributed by atoms with Crippen LogP contribution in [0.25, 0.3) is 10.6 Å². The first-order valence-corrected chi connectivity index (χ1v) is 8.95. The number of rotatable bonds is 7. The van der Waals surface area contributed by atoms with E-state index in [1.807, 2.05) is 0 Å². The van der Waals surface area contributed by atoms with Gasteiger partial charge in [-0.3, -0.25) is 4.79 Å². The zero-order valence-corrected chi connectivity index (χ0v) is 15.5. The van der Waals surface area contributed by atoms with Gasteiger partial charge in [-0.25, -0.2) is 4.39 Å². The average Bonchev–Trinajstić information content (AvgIpc) is 3.15. The quantitative estimate of drug-likeness (QED) is 0.561. The number of carbonyl (C=O) groups excluding carboxylic acids is 1. The van der Waals surface area contributed by atoms with E-state index in [0.29, 0.717) is 27.3 Å². The Labute approximate surface area is 159 Å². The van der Waals surface area contributed by atoms with Crippen molar-refractivity contribution in [3.8, 4) is 27.3 Å². The van der Waals surface area contributed by atoms with E-state index in [9.17, 15) is 9.18 Å². The van der Waals surface area contributed by atoms with Crippen LogP contribution in [-0.2, 0) is 9.53 Å². The molecule has 3 aromatic rings. The van der Waals surface area contributed by atoms with Crippen LogP contribution in [0.4, 0.5) is 4.39 Å². The number of benzene rings is 2. The standard InChI is InChI=1S/C19H17FN2O4S/c1-12(18(23)24-2)11-25-15-6-8-16(9-7-15)26-19-22-21-17(27-19)13-4-3-5-14(20)10-13/h3-10,12H,11H2,1-2H3/t12-/m1/s1. The fourth-order valence-electron chi connectivity index (χ4n) is 2.18. The van der Waals surface area contributed by atoms with Crippen molar-refractivity contribution in [3.05, 3.63) is 54.3 Å². The fraction of sp³-hybridized carbons (Fsp3) is 0.211. The van der Waals surface area contributed by atoms with Gasteiger partial charge in [0.2, 0.25) is 0 Å². The summed E-state index contributed by atoms with van der Waals surface area (Å²) in [6.07, 6.45) is 0. The van der Waals surface area contributed by atoms with Crippen molar-refractivity contribution in [2.45, 2.75) is 6.92 Å². The molecule has 1 heterocycles. The Bertz CT molecular complexity index is 914. The molecule has 140 valence electrons. The third kappa shape index (κ3) is 5.01. The first-order valence-electron chi connectivity index (χ1n) is 8.13. The second kappa shape index (κ2) is 8.59. The topological polar surface area (TPSA) is 70.5 Å². The minimum Gasteiger partial charge on any atom is -0.493 e. The van der Waals surface area contributed by atoms with Crippen molar-refractivity contribution < 1.29 is 23.4 Å². The molecule has 0 saturated heterocycles. The minimum atomic E-state index is -0.353. The van der Waals surface area contributed by atoms with E-state index in [0.717, 1.165) is 0 Å². The highest BCUT2D eigenvalue weighted by atomic mass is 32.1. The number of ether oxygens (including phenoxy) is 3. The Morgan fingerprint density at radius 2 is 1.89 bits per heavy atom. The summed E-state index contributed by atoms with van der Waals surface area (Å²) >= 11 is 1.22. The van der Waals surface area contributed by atoms with E-state index in [2.05, 4.69) is 14.9 Å². The number of esters is 1. The van der Waals surface area contributed by atoms with Crippen LogP contribution < -0.4 is 9.47 Å². The van der Waals surface area contributed by atoms with Crippen LogP contribution in [0.1, 0.15) is 6.92 Å². The van der Waals surface area contributed by atoms with Crippen LogP contribution in [0.3, 0.4) is 0 Å². The maximum absolute atomic E-state index is 13.3. The summed E-state index contributed by atoms with van der Waals surface area (Å²) in [4.78, 5) is 11.4. The van der Waals surface area contributed by atoms with Gasteiger partial charge in [-0.1, -0.05) is 28.6 Å². The van der Waals surface area contributed by atoms with Crippen molar-refractivity contribution >= 4 is 17.3 Å². The van der Waals surface area contributed by atoms with E-state index in [1.54, 1.807) is 43.3 Å². The summed E-state index contributed by atoms with van der Waals surface area (Å²) in [6, 6.07) is 13.1. The lowest BCUT2D eigenvalue weighted by Crippen LogP contribution is -2.19.